The van der Waals surface area contributed by atoms with E-state index >= 15 is 0 Å². The summed E-state index contributed by atoms with van der Waals surface area (Å²) in [7, 11) is 6.10. The fraction of sp³-hybridized carbons (Fsp3) is 0.455. The average Bonchev–Trinajstić information content (AvgIpc) is 3.31. The third-order valence-electron chi connectivity index (χ3n) is 5.05. The van der Waals surface area contributed by atoms with Crippen LogP contribution in [0, 0.1) is 0 Å². The molecule has 0 fully saturated rings. The van der Waals surface area contributed by atoms with Crippen LogP contribution in [0.4, 0.5) is 0 Å². The molecule has 1 unspecified atom stereocenters. The number of fused-ring (bicyclic) bond motifs is 1. The predicted octanol–water partition coefficient (Wildman–Crippen LogP) is 2.62. The number of hydrogen-bond donors (Lipinski definition) is 2. The Labute approximate surface area is 173 Å². The molecule has 0 amide bonds. The van der Waals surface area contributed by atoms with Gasteiger partial charge in [-0.25, -0.2) is 0 Å². The highest BCUT2D eigenvalue weighted by Gasteiger charge is 2.15. The van der Waals surface area contributed by atoms with Crippen LogP contribution in [-0.4, -0.2) is 58.9 Å². The number of hydrogen-bond acceptors (Lipinski definition) is 3. The standard InChI is InChI=1S/C22H33N7/c1-5-23-22(25-16-21(27(2)3)19-15-26-28(4)17-19)24-12-8-13-29-14-11-18-9-6-7-10-20(18)29/h6-7,9-11,14-15,17,21H,5,8,12-13,16H2,1-4H3,(H2,23,24,25). The molecule has 3 rings (SSSR count). The minimum atomic E-state index is 0.199. The Bertz CT molecular complexity index is 922. The van der Waals surface area contributed by atoms with Crippen molar-refractivity contribution in [1.29, 1.82) is 0 Å². The Morgan fingerprint density at radius 2 is 2.03 bits per heavy atom. The van der Waals surface area contributed by atoms with Crippen LogP contribution in [0.1, 0.15) is 24.9 Å². The molecule has 0 saturated carbocycles. The molecule has 7 heteroatoms. The van der Waals surface area contributed by atoms with E-state index in [-0.39, 0.29) is 6.04 Å². The van der Waals surface area contributed by atoms with Crippen molar-refractivity contribution in [3.63, 3.8) is 0 Å². The van der Waals surface area contributed by atoms with Crippen LogP contribution in [0.5, 0.6) is 0 Å². The third-order valence-corrected chi connectivity index (χ3v) is 5.05. The van der Waals surface area contributed by atoms with E-state index in [1.54, 1.807) is 0 Å². The lowest BCUT2D eigenvalue weighted by atomic mass is 10.1. The van der Waals surface area contributed by atoms with E-state index in [4.69, 9.17) is 4.99 Å². The summed E-state index contributed by atoms with van der Waals surface area (Å²) in [4.78, 5) is 7.00. The molecule has 0 bridgehead atoms. The lowest BCUT2D eigenvalue weighted by molar-refractivity contribution is 0.306. The summed E-state index contributed by atoms with van der Waals surface area (Å²) >= 11 is 0. The number of nitrogens with zero attached hydrogens (tertiary/aromatic N) is 5. The first kappa shape index (κ1) is 20.9. The summed E-state index contributed by atoms with van der Waals surface area (Å²) < 4.78 is 4.15. The van der Waals surface area contributed by atoms with Crippen molar-refractivity contribution in [3.8, 4) is 0 Å². The van der Waals surface area contributed by atoms with Crippen LogP contribution in [0.15, 0.2) is 53.9 Å². The lowest BCUT2D eigenvalue weighted by Crippen LogP contribution is -2.38. The molecule has 0 saturated heterocycles. The Hall–Kier alpha value is -2.80. The quantitative estimate of drug-likeness (QED) is 0.332. The Morgan fingerprint density at radius 3 is 2.76 bits per heavy atom. The lowest BCUT2D eigenvalue weighted by Gasteiger charge is -2.22. The van der Waals surface area contributed by atoms with Gasteiger partial charge in [-0.15, -0.1) is 0 Å². The molecule has 3 aromatic rings. The van der Waals surface area contributed by atoms with Crippen molar-refractivity contribution in [2.75, 3.05) is 33.7 Å². The summed E-state index contributed by atoms with van der Waals surface area (Å²) in [6.45, 7) is 5.46. The zero-order valence-corrected chi connectivity index (χ0v) is 18.0. The molecule has 156 valence electrons. The largest absolute Gasteiger partial charge is 0.357 e. The van der Waals surface area contributed by atoms with Gasteiger partial charge < -0.3 is 20.1 Å². The Balaban J connectivity index is 1.54. The number of aliphatic imine (C=N–C) groups is 1. The summed E-state index contributed by atoms with van der Waals surface area (Å²) in [5.41, 5.74) is 2.47. The number of para-hydroxylation sites is 1. The number of nitrogens with one attached hydrogen (secondary N) is 2. The monoisotopic (exact) mass is 395 g/mol. The van der Waals surface area contributed by atoms with Crippen molar-refractivity contribution in [3.05, 3.63) is 54.5 Å². The molecule has 1 atom stereocenters. The molecule has 0 aliphatic heterocycles. The number of aromatic nitrogens is 3. The van der Waals surface area contributed by atoms with Gasteiger partial charge in [-0.2, -0.15) is 5.10 Å². The summed E-state index contributed by atoms with van der Waals surface area (Å²) in [6, 6.07) is 10.9. The summed E-state index contributed by atoms with van der Waals surface area (Å²) in [5.74, 6) is 0.862. The smallest absolute Gasteiger partial charge is 0.191 e. The highest BCUT2D eigenvalue weighted by Crippen LogP contribution is 2.17. The van der Waals surface area contributed by atoms with Crippen molar-refractivity contribution >= 4 is 16.9 Å². The van der Waals surface area contributed by atoms with Crippen molar-refractivity contribution in [1.82, 2.24) is 29.9 Å². The maximum atomic E-state index is 4.81. The molecule has 0 aliphatic carbocycles. The zero-order valence-electron chi connectivity index (χ0n) is 18.0. The first-order valence-electron chi connectivity index (χ1n) is 10.3. The van der Waals surface area contributed by atoms with Crippen molar-refractivity contribution in [2.24, 2.45) is 12.0 Å². The van der Waals surface area contributed by atoms with Crippen LogP contribution in [0.25, 0.3) is 10.9 Å². The van der Waals surface area contributed by atoms with Gasteiger partial charge in [0.25, 0.3) is 0 Å². The maximum Gasteiger partial charge on any atom is 0.191 e. The van der Waals surface area contributed by atoms with Gasteiger partial charge in [-0.3, -0.25) is 9.67 Å². The number of aryl methyl sites for hydroxylation is 2. The summed E-state index contributed by atoms with van der Waals surface area (Å²) in [5, 5.41) is 12.4. The molecule has 2 heterocycles. The molecule has 2 aromatic heterocycles. The second-order valence-corrected chi connectivity index (χ2v) is 7.49. The van der Waals surface area contributed by atoms with Crippen LogP contribution in [-0.2, 0) is 13.6 Å². The van der Waals surface area contributed by atoms with Gasteiger partial charge in [0.2, 0.25) is 0 Å². The van der Waals surface area contributed by atoms with Gasteiger partial charge in [-0.1, -0.05) is 18.2 Å². The van der Waals surface area contributed by atoms with Crippen LogP contribution in [0.3, 0.4) is 0 Å². The molecule has 0 radical (unpaired) electrons. The molecule has 1 aromatic carbocycles. The van der Waals surface area contributed by atoms with Gasteiger partial charge >= 0.3 is 0 Å². The molecule has 0 spiro atoms. The van der Waals surface area contributed by atoms with Gasteiger partial charge in [0, 0.05) is 50.2 Å². The number of likely N-dealkylation sites (N-methyl/N-ethyl adjacent to an activating group) is 1. The fourth-order valence-corrected chi connectivity index (χ4v) is 3.49. The van der Waals surface area contributed by atoms with E-state index in [1.807, 2.05) is 17.9 Å². The number of rotatable bonds is 9. The topological polar surface area (TPSA) is 62.4 Å². The van der Waals surface area contributed by atoms with Crippen LogP contribution >= 0.6 is 0 Å². The van der Waals surface area contributed by atoms with E-state index in [9.17, 15) is 0 Å². The van der Waals surface area contributed by atoms with E-state index < -0.39 is 0 Å². The van der Waals surface area contributed by atoms with Crippen molar-refractivity contribution < 1.29 is 0 Å². The van der Waals surface area contributed by atoms with Gasteiger partial charge in [0.05, 0.1) is 18.8 Å². The normalized spacial score (nSPS) is 13.2. The number of benzene rings is 1. The zero-order chi connectivity index (χ0) is 20.6. The highest BCUT2D eigenvalue weighted by molar-refractivity contribution is 5.80. The predicted molar refractivity (Wildman–Crippen MR) is 120 cm³/mol. The Kier molecular flexibility index (Phi) is 7.30. The molecular weight excluding hydrogens is 362 g/mol. The van der Waals surface area contributed by atoms with E-state index in [1.165, 1.54) is 16.5 Å². The second-order valence-electron chi connectivity index (χ2n) is 7.49. The maximum absolute atomic E-state index is 4.81. The minimum Gasteiger partial charge on any atom is -0.357 e. The first-order chi connectivity index (χ1) is 14.1. The highest BCUT2D eigenvalue weighted by atomic mass is 15.2. The SMILES string of the molecule is CCNC(=NCC(c1cnn(C)c1)N(C)C)NCCCn1ccc2ccccc21. The summed E-state index contributed by atoms with van der Waals surface area (Å²) in [6.07, 6.45) is 7.17. The van der Waals surface area contributed by atoms with Gasteiger partial charge in [-0.05, 0) is 45.0 Å². The second kappa shape index (κ2) is 10.1. The van der Waals surface area contributed by atoms with Crippen LogP contribution in [0.2, 0.25) is 0 Å². The van der Waals surface area contributed by atoms with E-state index in [2.05, 4.69) is 88.9 Å². The third kappa shape index (κ3) is 5.60. The van der Waals surface area contributed by atoms with Gasteiger partial charge in [0.15, 0.2) is 5.96 Å². The van der Waals surface area contributed by atoms with E-state index in [0.29, 0.717) is 6.54 Å². The molecule has 2 N–H and O–H groups in total. The van der Waals surface area contributed by atoms with E-state index in [0.717, 1.165) is 32.0 Å². The van der Waals surface area contributed by atoms with Crippen LogP contribution < -0.4 is 10.6 Å². The molecule has 0 aliphatic rings. The van der Waals surface area contributed by atoms with Crippen molar-refractivity contribution in [2.45, 2.75) is 25.9 Å². The molecule has 29 heavy (non-hydrogen) atoms. The Morgan fingerprint density at radius 1 is 1.21 bits per heavy atom. The van der Waals surface area contributed by atoms with Gasteiger partial charge in [0.1, 0.15) is 0 Å². The molecule has 7 nitrogen and oxygen atoms in total. The number of guanidine groups is 1. The first-order valence-corrected chi connectivity index (χ1v) is 10.3. The minimum absolute atomic E-state index is 0.199. The molecular formula is C22H33N7. The fourth-order valence-electron chi connectivity index (χ4n) is 3.49. The average molecular weight is 396 g/mol.